The third-order valence-electron chi connectivity index (χ3n) is 8.32. The summed E-state index contributed by atoms with van der Waals surface area (Å²) < 4.78 is 0. The van der Waals surface area contributed by atoms with Gasteiger partial charge in [-0.25, -0.2) is 0 Å². The maximum atomic E-state index is 12.3. The van der Waals surface area contributed by atoms with Gasteiger partial charge in [0, 0.05) is 0 Å². The fourth-order valence-electron chi connectivity index (χ4n) is 5.46. The Morgan fingerprint density at radius 1 is 0.525 bits per heavy atom. The van der Waals surface area contributed by atoms with Crippen LogP contribution in [0.5, 0.6) is 0 Å². The predicted molar refractivity (Wildman–Crippen MR) is 168 cm³/mol. The van der Waals surface area contributed by atoms with Crippen LogP contribution in [0.15, 0.2) is 0 Å². The molecule has 40 heavy (non-hydrogen) atoms. The third kappa shape index (κ3) is 24.0. The van der Waals surface area contributed by atoms with Crippen molar-refractivity contribution in [1.82, 2.24) is 5.32 Å². The molecule has 0 radical (unpaired) electrons. The monoisotopic (exact) mass is 572 g/mol. The first kappa shape index (κ1) is 39.3. The standard InChI is InChI=1S/C34H69NO5/c1-3-5-7-9-11-13-14-15-16-17-18-19-20-22-23-25-27-31(37)33(39)30(29-36)35-34(40)32(38)28-26-24-21-12-10-8-6-4-2/h30-33,36-39H,3-29H2,1-2H3,(H,35,40). The van der Waals surface area contributed by atoms with Gasteiger partial charge < -0.3 is 25.7 Å². The lowest BCUT2D eigenvalue weighted by Gasteiger charge is -2.27. The molecule has 6 nitrogen and oxygen atoms in total. The molecule has 0 aromatic rings. The van der Waals surface area contributed by atoms with Crippen molar-refractivity contribution in [2.24, 2.45) is 0 Å². The van der Waals surface area contributed by atoms with Gasteiger partial charge in [-0.2, -0.15) is 0 Å². The van der Waals surface area contributed by atoms with Gasteiger partial charge in [-0.1, -0.05) is 168 Å². The molecule has 6 heteroatoms. The molecule has 1 amide bonds. The number of nitrogens with one attached hydrogen (secondary N) is 1. The van der Waals surface area contributed by atoms with Gasteiger partial charge in [0.2, 0.25) is 5.91 Å². The Morgan fingerprint density at radius 3 is 1.20 bits per heavy atom. The summed E-state index contributed by atoms with van der Waals surface area (Å²) in [6.07, 6.45) is 27.0. The van der Waals surface area contributed by atoms with Crippen molar-refractivity contribution >= 4 is 5.91 Å². The van der Waals surface area contributed by atoms with E-state index in [9.17, 15) is 25.2 Å². The minimum atomic E-state index is -1.25. The second-order valence-corrected chi connectivity index (χ2v) is 12.2. The van der Waals surface area contributed by atoms with Gasteiger partial charge in [-0.15, -0.1) is 0 Å². The van der Waals surface area contributed by atoms with Crippen LogP contribution in [0.1, 0.15) is 181 Å². The van der Waals surface area contributed by atoms with E-state index in [1.54, 1.807) is 0 Å². The zero-order valence-electron chi connectivity index (χ0n) is 26.6. The summed E-state index contributed by atoms with van der Waals surface area (Å²) in [5, 5.41) is 43.2. The quantitative estimate of drug-likeness (QED) is 0.0547. The number of rotatable bonds is 31. The SMILES string of the molecule is CCCCCCCCCCCCCCCCCCC(O)C(O)C(CO)NC(=O)C(O)CCCCCCCCCC. The van der Waals surface area contributed by atoms with Crippen LogP contribution in [-0.2, 0) is 4.79 Å². The molecule has 0 heterocycles. The van der Waals surface area contributed by atoms with Gasteiger partial charge in [-0.05, 0) is 12.8 Å². The van der Waals surface area contributed by atoms with Crippen molar-refractivity contribution in [3.63, 3.8) is 0 Å². The molecule has 5 N–H and O–H groups in total. The normalized spacial score (nSPS) is 14.7. The number of aliphatic hydroxyl groups excluding tert-OH is 4. The number of hydrogen-bond acceptors (Lipinski definition) is 5. The Kier molecular flexibility index (Phi) is 29.3. The topological polar surface area (TPSA) is 110 Å². The fraction of sp³-hybridized carbons (Fsp3) is 0.971. The average molecular weight is 572 g/mol. The molecule has 0 spiro atoms. The van der Waals surface area contributed by atoms with Gasteiger partial charge in [0.1, 0.15) is 12.2 Å². The summed E-state index contributed by atoms with van der Waals surface area (Å²) in [4.78, 5) is 12.3. The van der Waals surface area contributed by atoms with Gasteiger partial charge in [0.05, 0.1) is 18.8 Å². The maximum absolute atomic E-state index is 12.3. The summed E-state index contributed by atoms with van der Waals surface area (Å²) in [6, 6.07) is -0.975. The predicted octanol–water partition coefficient (Wildman–Crippen LogP) is 7.73. The van der Waals surface area contributed by atoms with E-state index in [0.717, 1.165) is 38.5 Å². The number of carbonyl (C=O) groups is 1. The zero-order chi connectivity index (χ0) is 29.7. The van der Waals surface area contributed by atoms with Crippen LogP contribution >= 0.6 is 0 Å². The van der Waals surface area contributed by atoms with Crippen LogP contribution in [0.3, 0.4) is 0 Å². The molecule has 0 bridgehead atoms. The zero-order valence-corrected chi connectivity index (χ0v) is 26.6. The molecule has 0 rings (SSSR count). The molecule has 0 aliphatic carbocycles. The van der Waals surface area contributed by atoms with Crippen LogP contribution in [0.2, 0.25) is 0 Å². The molecule has 0 fully saturated rings. The van der Waals surface area contributed by atoms with Crippen LogP contribution in [0, 0.1) is 0 Å². The molecule has 4 unspecified atom stereocenters. The molecule has 4 atom stereocenters. The largest absolute Gasteiger partial charge is 0.394 e. The van der Waals surface area contributed by atoms with Crippen molar-refractivity contribution in [3.8, 4) is 0 Å². The summed E-state index contributed by atoms with van der Waals surface area (Å²) in [5.41, 5.74) is 0. The summed E-state index contributed by atoms with van der Waals surface area (Å²) >= 11 is 0. The van der Waals surface area contributed by atoms with Crippen molar-refractivity contribution in [2.75, 3.05) is 6.61 Å². The number of hydrogen-bond donors (Lipinski definition) is 5. The van der Waals surface area contributed by atoms with E-state index in [4.69, 9.17) is 0 Å². The van der Waals surface area contributed by atoms with Crippen molar-refractivity contribution in [3.05, 3.63) is 0 Å². The first-order valence-corrected chi connectivity index (χ1v) is 17.4. The number of amides is 1. The fourth-order valence-corrected chi connectivity index (χ4v) is 5.46. The molecular formula is C34H69NO5. The highest BCUT2D eigenvalue weighted by atomic mass is 16.3. The van der Waals surface area contributed by atoms with Crippen molar-refractivity contribution in [2.45, 2.75) is 205 Å². The highest BCUT2D eigenvalue weighted by Crippen LogP contribution is 2.16. The lowest BCUT2D eigenvalue weighted by atomic mass is 9.99. The van der Waals surface area contributed by atoms with E-state index >= 15 is 0 Å². The lowest BCUT2D eigenvalue weighted by Crippen LogP contribution is -2.53. The molecule has 240 valence electrons. The minimum absolute atomic E-state index is 0.372. The molecular weight excluding hydrogens is 502 g/mol. The van der Waals surface area contributed by atoms with E-state index < -0.39 is 36.9 Å². The van der Waals surface area contributed by atoms with Gasteiger partial charge in [-0.3, -0.25) is 4.79 Å². The van der Waals surface area contributed by atoms with Crippen molar-refractivity contribution in [1.29, 1.82) is 0 Å². The second-order valence-electron chi connectivity index (χ2n) is 12.2. The van der Waals surface area contributed by atoms with Gasteiger partial charge in [0.15, 0.2) is 0 Å². The van der Waals surface area contributed by atoms with E-state index in [-0.39, 0.29) is 0 Å². The Morgan fingerprint density at radius 2 is 0.850 bits per heavy atom. The van der Waals surface area contributed by atoms with Gasteiger partial charge in [0.25, 0.3) is 0 Å². The molecule has 0 aromatic carbocycles. The first-order valence-electron chi connectivity index (χ1n) is 17.4. The highest BCUT2D eigenvalue weighted by Gasteiger charge is 2.28. The second kappa shape index (κ2) is 29.8. The molecule has 0 aromatic heterocycles. The molecule has 0 saturated carbocycles. The van der Waals surface area contributed by atoms with Crippen LogP contribution in [-0.4, -0.2) is 57.3 Å². The van der Waals surface area contributed by atoms with Crippen LogP contribution in [0.25, 0.3) is 0 Å². The summed E-state index contributed by atoms with van der Waals surface area (Å²) in [7, 11) is 0. The Bertz CT molecular complexity index is 532. The minimum Gasteiger partial charge on any atom is -0.394 e. The Labute approximate surface area is 248 Å². The average Bonchev–Trinajstić information content (AvgIpc) is 2.96. The van der Waals surface area contributed by atoms with Crippen molar-refractivity contribution < 1.29 is 25.2 Å². The highest BCUT2D eigenvalue weighted by molar-refractivity contribution is 5.80. The Hall–Kier alpha value is -0.690. The van der Waals surface area contributed by atoms with E-state index in [2.05, 4.69) is 19.2 Å². The number of unbranched alkanes of at least 4 members (excludes halogenated alkanes) is 22. The van der Waals surface area contributed by atoms with Gasteiger partial charge >= 0.3 is 0 Å². The third-order valence-corrected chi connectivity index (χ3v) is 8.32. The molecule has 0 aliphatic heterocycles. The smallest absolute Gasteiger partial charge is 0.249 e. The van der Waals surface area contributed by atoms with E-state index in [1.807, 2.05) is 0 Å². The van der Waals surface area contributed by atoms with Crippen LogP contribution < -0.4 is 5.32 Å². The molecule has 0 aliphatic rings. The Balaban J connectivity index is 3.78. The van der Waals surface area contributed by atoms with E-state index in [1.165, 1.54) is 116 Å². The first-order chi connectivity index (χ1) is 19.5. The maximum Gasteiger partial charge on any atom is 0.249 e. The summed E-state index contributed by atoms with van der Waals surface area (Å²) in [6.45, 7) is 3.99. The number of aliphatic hydroxyl groups is 4. The number of carbonyl (C=O) groups excluding carboxylic acids is 1. The molecule has 0 saturated heterocycles. The van der Waals surface area contributed by atoms with Crippen LogP contribution in [0.4, 0.5) is 0 Å². The lowest BCUT2D eigenvalue weighted by molar-refractivity contribution is -0.132. The summed E-state index contributed by atoms with van der Waals surface area (Å²) in [5.74, 6) is -0.587. The van der Waals surface area contributed by atoms with E-state index in [0.29, 0.717) is 12.8 Å².